The molecule has 0 unspecified atom stereocenters. The Labute approximate surface area is 105 Å². The van der Waals surface area contributed by atoms with Gasteiger partial charge in [0, 0.05) is 19.6 Å². The van der Waals surface area contributed by atoms with Crippen molar-refractivity contribution in [2.45, 2.75) is 19.8 Å². The van der Waals surface area contributed by atoms with E-state index in [1.54, 1.807) is 0 Å². The molecule has 0 radical (unpaired) electrons. The van der Waals surface area contributed by atoms with Crippen LogP contribution in [0.3, 0.4) is 0 Å². The number of aromatic amines is 1. The number of nitrogens with one attached hydrogen (secondary N) is 2. The number of carbonyl (C=O) groups is 1. The van der Waals surface area contributed by atoms with Gasteiger partial charge >= 0.3 is 0 Å². The molecular formula is C10H16N4O2S. The Bertz CT molecular complexity index is 391. The van der Waals surface area contributed by atoms with Crippen LogP contribution in [0.1, 0.15) is 25.3 Å². The third kappa shape index (κ3) is 4.49. The van der Waals surface area contributed by atoms with Crippen LogP contribution in [-0.4, -0.2) is 34.3 Å². The number of hydrogen-bond acceptors (Lipinski definition) is 4. The molecule has 0 fully saturated rings. The molecule has 0 aliphatic carbocycles. The standard InChI is InChI=1S/C10H16N4O2S/c1-2-16-5-3-4-8(15)13-10-7(9(11)17)6-12-14-10/h6H,2-5H2,1H3,(H2,11,17)(H2,12,13,14,15). The van der Waals surface area contributed by atoms with Gasteiger partial charge in [-0.2, -0.15) is 5.10 Å². The minimum absolute atomic E-state index is 0.119. The number of nitrogens with zero attached hydrogens (tertiary/aromatic N) is 1. The topological polar surface area (TPSA) is 93.0 Å². The van der Waals surface area contributed by atoms with E-state index in [9.17, 15) is 4.79 Å². The highest BCUT2D eigenvalue weighted by molar-refractivity contribution is 7.80. The van der Waals surface area contributed by atoms with Gasteiger partial charge in [-0.1, -0.05) is 12.2 Å². The first-order valence-corrected chi connectivity index (χ1v) is 5.76. The number of H-pyrrole nitrogens is 1. The molecule has 7 heteroatoms. The highest BCUT2D eigenvalue weighted by Gasteiger charge is 2.10. The summed E-state index contributed by atoms with van der Waals surface area (Å²) in [6.45, 7) is 3.15. The maximum Gasteiger partial charge on any atom is 0.225 e. The molecule has 1 aromatic rings. The van der Waals surface area contributed by atoms with E-state index >= 15 is 0 Å². The van der Waals surface area contributed by atoms with Crippen LogP contribution < -0.4 is 11.1 Å². The zero-order valence-corrected chi connectivity index (χ0v) is 10.5. The lowest BCUT2D eigenvalue weighted by atomic mass is 10.3. The van der Waals surface area contributed by atoms with Crippen LogP contribution in [0.4, 0.5) is 5.82 Å². The number of rotatable bonds is 7. The van der Waals surface area contributed by atoms with Crippen molar-refractivity contribution in [3.05, 3.63) is 11.8 Å². The number of carbonyl (C=O) groups excluding carboxylic acids is 1. The average Bonchev–Trinajstić information content (AvgIpc) is 2.72. The summed E-state index contributed by atoms with van der Waals surface area (Å²) < 4.78 is 5.14. The predicted molar refractivity (Wildman–Crippen MR) is 68.8 cm³/mol. The van der Waals surface area contributed by atoms with Gasteiger partial charge in [0.05, 0.1) is 11.8 Å². The maximum atomic E-state index is 11.5. The molecule has 0 atom stereocenters. The lowest BCUT2D eigenvalue weighted by molar-refractivity contribution is -0.116. The first-order valence-electron chi connectivity index (χ1n) is 5.36. The molecule has 0 saturated heterocycles. The van der Waals surface area contributed by atoms with E-state index in [0.717, 1.165) is 0 Å². The third-order valence-corrected chi connectivity index (χ3v) is 2.29. The summed E-state index contributed by atoms with van der Waals surface area (Å²) in [7, 11) is 0. The van der Waals surface area contributed by atoms with E-state index in [2.05, 4.69) is 15.5 Å². The molecule has 4 N–H and O–H groups in total. The van der Waals surface area contributed by atoms with E-state index in [4.69, 9.17) is 22.7 Å². The summed E-state index contributed by atoms with van der Waals surface area (Å²) >= 11 is 4.82. The molecule has 1 heterocycles. The quantitative estimate of drug-likeness (QED) is 0.495. The number of hydrogen-bond donors (Lipinski definition) is 3. The fourth-order valence-corrected chi connectivity index (χ4v) is 1.40. The summed E-state index contributed by atoms with van der Waals surface area (Å²) in [4.78, 5) is 11.7. The smallest absolute Gasteiger partial charge is 0.225 e. The Hall–Kier alpha value is -1.47. The lowest BCUT2D eigenvalue weighted by Gasteiger charge is -2.05. The molecule has 0 aliphatic rings. The number of anilines is 1. The van der Waals surface area contributed by atoms with Crippen LogP contribution >= 0.6 is 12.2 Å². The van der Waals surface area contributed by atoms with Gasteiger partial charge in [0.25, 0.3) is 0 Å². The third-order valence-electron chi connectivity index (χ3n) is 2.07. The van der Waals surface area contributed by atoms with Crippen molar-refractivity contribution in [1.29, 1.82) is 0 Å². The summed E-state index contributed by atoms with van der Waals surface area (Å²) in [5, 5.41) is 9.08. The van der Waals surface area contributed by atoms with E-state index < -0.39 is 0 Å². The summed E-state index contributed by atoms with van der Waals surface area (Å²) in [6, 6.07) is 0. The minimum atomic E-state index is -0.119. The van der Waals surface area contributed by atoms with Gasteiger partial charge in [-0.3, -0.25) is 9.89 Å². The second-order valence-electron chi connectivity index (χ2n) is 3.37. The Morgan fingerprint density at radius 1 is 1.71 bits per heavy atom. The molecule has 0 aliphatic heterocycles. The van der Waals surface area contributed by atoms with Crippen LogP contribution in [-0.2, 0) is 9.53 Å². The molecule has 6 nitrogen and oxygen atoms in total. The van der Waals surface area contributed by atoms with E-state index in [0.29, 0.717) is 37.4 Å². The molecule has 1 aromatic heterocycles. The first kappa shape index (κ1) is 13.6. The second kappa shape index (κ2) is 6.97. The van der Waals surface area contributed by atoms with E-state index in [1.165, 1.54) is 6.20 Å². The molecule has 0 saturated carbocycles. The summed E-state index contributed by atoms with van der Waals surface area (Å²) in [6.07, 6.45) is 2.55. The van der Waals surface area contributed by atoms with Gasteiger partial charge in [0.1, 0.15) is 10.8 Å². The Morgan fingerprint density at radius 2 is 2.47 bits per heavy atom. The van der Waals surface area contributed by atoms with E-state index in [-0.39, 0.29) is 10.9 Å². The van der Waals surface area contributed by atoms with Crippen LogP contribution in [0.2, 0.25) is 0 Å². The summed E-state index contributed by atoms with van der Waals surface area (Å²) in [5.41, 5.74) is 6.01. The van der Waals surface area contributed by atoms with Crippen molar-refractivity contribution in [2.75, 3.05) is 18.5 Å². The van der Waals surface area contributed by atoms with Gasteiger partial charge in [-0.15, -0.1) is 0 Å². The predicted octanol–water partition coefficient (Wildman–Crippen LogP) is 0.799. The fourth-order valence-electron chi connectivity index (χ4n) is 1.25. The van der Waals surface area contributed by atoms with Crippen molar-refractivity contribution in [2.24, 2.45) is 5.73 Å². The van der Waals surface area contributed by atoms with Crippen LogP contribution in [0.15, 0.2) is 6.20 Å². The van der Waals surface area contributed by atoms with Crippen molar-refractivity contribution in [1.82, 2.24) is 10.2 Å². The van der Waals surface area contributed by atoms with Crippen molar-refractivity contribution < 1.29 is 9.53 Å². The Morgan fingerprint density at radius 3 is 3.12 bits per heavy atom. The van der Waals surface area contributed by atoms with Gasteiger partial charge in [0.15, 0.2) is 0 Å². The van der Waals surface area contributed by atoms with Gasteiger partial charge in [-0.05, 0) is 13.3 Å². The highest BCUT2D eigenvalue weighted by Crippen LogP contribution is 2.10. The van der Waals surface area contributed by atoms with Gasteiger partial charge < -0.3 is 15.8 Å². The Balaban J connectivity index is 2.40. The second-order valence-corrected chi connectivity index (χ2v) is 3.81. The number of nitrogens with two attached hydrogens (primary N) is 1. The van der Waals surface area contributed by atoms with Crippen molar-refractivity contribution in [3.63, 3.8) is 0 Å². The molecule has 1 amide bonds. The molecule has 1 rings (SSSR count). The molecular weight excluding hydrogens is 240 g/mol. The zero-order chi connectivity index (χ0) is 12.7. The molecule has 0 aromatic carbocycles. The van der Waals surface area contributed by atoms with Gasteiger partial charge in [-0.25, -0.2) is 0 Å². The SMILES string of the molecule is CCOCCCC(=O)Nc1[nH]ncc1C(N)=S. The monoisotopic (exact) mass is 256 g/mol. The number of thiocarbonyl (C=S) groups is 1. The zero-order valence-electron chi connectivity index (χ0n) is 9.66. The highest BCUT2D eigenvalue weighted by atomic mass is 32.1. The number of aromatic nitrogens is 2. The maximum absolute atomic E-state index is 11.5. The lowest BCUT2D eigenvalue weighted by Crippen LogP contribution is -2.17. The molecule has 0 spiro atoms. The molecule has 94 valence electrons. The first-order chi connectivity index (χ1) is 8.15. The van der Waals surface area contributed by atoms with Crippen LogP contribution in [0.25, 0.3) is 0 Å². The van der Waals surface area contributed by atoms with E-state index in [1.807, 2.05) is 6.92 Å². The van der Waals surface area contributed by atoms with Crippen molar-refractivity contribution >= 4 is 28.9 Å². The summed E-state index contributed by atoms with van der Waals surface area (Å²) in [5.74, 6) is 0.324. The molecule has 0 bridgehead atoms. The van der Waals surface area contributed by atoms with Gasteiger partial charge in [0.2, 0.25) is 5.91 Å². The van der Waals surface area contributed by atoms with Crippen LogP contribution in [0, 0.1) is 0 Å². The number of ether oxygens (including phenoxy) is 1. The average molecular weight is 256 g/mol. The number of amides is 1. The van der Waals surface area contributed by atoms with Crippen LogP contribution in [0.5, 0.6) is 0 Å². The largest absolute Gasteiger partial charge is 0.389 e. The Kier molecular flexibility index (Phi) is 5.58. The normalized spacial score (nSPS) is 10.2. The minimum Gasteiger partial charge on any atom is -0.389 e. The fraction of sp³-hybridized carbons (Fsp3) is 0.500. The molecule has 17 heavy (non-hydrogen) atoms. The van der Waals surface area contributed by atoms with Crippen molar-refractivity contribution in [3.8, 4) is 0 Å².